The number of nitrogens with one attached hydrogen (secondary N) is 1. The molecular weight excluding hydrogens is 259 g/mol. The first-order valence-electron chi connectivity index (χ1n) is 6.23. The summed E-state index contributed by atoms with van der Waals surface area (Å²) in [5.41, 5.74) is 1.02. The summed E-state index contributed by atoms with van der Waals surface area (Å²) < 4.78 is 15.5. The molecule has 3 aromatic rings. The second-order valence-electron chi connectivity index (χ2n) is 4.66. The molecule has 0 atom stereocenters. The molecule has 1 aromatic carbocycles. The largest absolute Gasteiger partial charge is 0.309 e. The zero-order valence-electron chi connectivity index (χ0n) is 11.1. The third kappa shape index (κ3) is 1.99. The SMILES string of the molecule is Cc1nc2c(nc(C)n2Cc2ccccc2F)c(=O)[nH]1. The van der Waals surface area contributed by atoms with Crippen molar-refractivity contribution in [1.29, 1.82) is 0 Å². The van der Waals surface area contributed by atoms with E-state index in [1.807, 2.05) is 0 Å². The molecule has 0 unspecified atom stereocenters. The molecule has 1 N–H and O–H groups in total. The Hall–Kier alpha value is -2.50. The molecule has 0 amide bonds. The summed E-state index contributed by atoms with van der Waals surface area (Å²) >= 11 is 0. The predicted molar refractivity (Wildman–Crippen MR) is 73.1 cm³/mol. The number of aryl methyl sites for hydroxylation is 2. The number of halogens is 1. The summed E-state index contributed by atoms with van der Waals surface area (Å²) in [6.07, 6.45) is 0. The molecule has 2 aromatic heterocycles. The van der Waals surface area contributed by atoms with Crippen LogP contribution in [0.15, 0.2) is 29.1 Å². The van der Waals surface area contributed by atoms with Crippen LogP contribution in [-0.2, 0) is 6.54 Å². The molecule has 20 heavy (non-hydrogen) atoms. The van der Waals surface area contributed by atoms with Gasteiger partial charge in [0.05, 0.1) is 6.54 Å². The van der Waals surface area contributed by atoms with Crippen LogP contribution in [0.1, 0.15) is 17.2 Å². The van der Waals surface area contributed by atoms with Gasteiger partial charge >= 0.3 is 0 Å². The molecule has 0 aliphatic rings. The Labute approximate surface area is 114 Å². The average Bonchev–Trinajstić information content (AvgIpc) is 2.70. The number of benzene rings is 1. The molecule has 3 rings (SSSR count). The van der Waals surface area contributed by atoms with Gasteiger partial charge in [0.15, 0.2) is 11.2 Å². The maximum atomic E-state index is 13.7. The van der Waals surface area contributed by atoms with E-state index in [1.54, 1.807) is 36.6 Å². The van der Waals surface area contributed by atoms with E-state index in [-0.39, 0.29) is 16.9 Å². The van der Waals surface area contributed by atoms with Crippen molar-refractivity contribution in [2.24, 2.45) is 0 Å². The van der Waals surface area contributed by atoms with Crippen molar-refractivity contribution in [2.45, 2.75) is 20.4 Å². The number of rotatable bonds is 2. The van der Waals surface area contributed by atoms with Gasteiger partial charge in [0.25, 0.3) is 5.56 Å². The highest BCUT2D eigenvalue weighted by atomic mass is 19.1. The Morgan fingerprint density at radius 1 is 1.25 bits per heavy atom. The maximum absolute atomic E-state index is 13.7. The van der Waals surface area contributed by atoms with Crippen molar-refractivity contribution in [3.63, 3.8) is 0 Å². The fourth-order valence-corrected chi connectivity index (χ4v) is 2.22. The third-order valence-electron chi connectivity index (χ3n) is 3.20. The second-order valence-corrected chi connectivity index (χ2v) is 4.66. The summed E-state index contributed by atoms with van der Waals surface area (Å²) in [6.45, 7) is 3.78. The molecule has 0 saturated carbocycles. The average molecular weight is 272 g/mol. The van der Waals surface area contributed by atoms with Gasteiger partial charge in [-0.25, -0.2) is 14.4 Å². The van der Waals surface area contributed by atoms with Crippen LogP contribution in [0.4, 0.5) is 4.39 Å². The summed E-state index contributed by atoms with van der Waals surface area (Å²) in [4.78, 5) is 23.0. The normalized spacial score (nSPS) is 11.2. The van der Waals surface area contributed by atoms with Crippen LogP contribution in [0.25, 0.3) is 11.2 Å². The lowest BCUT2D eigenvalue weighted by Gasteiger charge is -2.07. The van der Waals surface area contributed by atoms with Crippen LogP contribution >= 0.6 is 0 Å². The number of aromatic amines is 1. The number of hydrogen-bond acceptors (Lipinski definition) is 3. The Kier molecular flexibility index (Phi) is 2.85. The summed E-state index contributed by atoms with van der Waals surface area (Å²) in [5, 5.41) is 0. The van der Waals surface area contributed by atoms with Gasteiger partial charge in [0.1, 0.15) is 17.5 Å². The van der Waals surface area contributed by atoms with Crippen LogP contribution in [0.3, 0.4) is 0 Å². The van der Waals surface area contributed by atoms with Gasteiger partial charge in [-0.15, -0.1) is 0 Å². The number of nitrogens with zero attached hydrogens (tertiary/aromatic N) is 3. The smallest absolute Gasteiger partial charge is 0.279 e. The fourth-order valence-electron chi connectivity index (χ4n) is 2.22. The van der Waals surface area contributed by atoms with E-state index in [2.05, 4.69) is 15.0 Å². The van der Waals surface area contributed by atoms with Crippen molar-refractivity contribution >= 4 is 11.2 Å². The highest BCUT2D eigenvalue weighted by Gasteiger charge is 2.14. The molecule has 0 spiro atoms. The molecule has 0 saturated heterocycles. The number of aromatic nitrogens is 4. The summed E-state index contributed by atoms with van der Waals surface area (Å²) in [5.74, 6) is 0.861. The standard InChI is InChI=1S/C14H13FN4O/c1-8-16-13-12(14(20)17-8)18-9(2)19(13)7-10-5-3-4-6-11(10)15/h3-6H,7H2,1-2H3,(H,16,17,20). The fraction of sp³-hybridized carbons (Fsp3) is 0.214. The molecule has 0 fully saturated rings. The first-order chi connectivity index (χ1) is 9.56. The maximum Gasteiger partial charge on any atom is 0.279 e. The van der Waals surface area contributed by atoms with Crippen molar-refractivity contribution in [1.82, 2.24) is 19.5 Å². The Bertz CT molecular complexity index is 850. The van der Waals surface area contributed by atoms with Gasteiger partial charge in [-0.2, -0.15) is 0 Å². The van der Waals surface area contributed by atoms with Crippen LogP contribution in [0.5, 0.6) is 0 Å². The first-order valence-corrected chi connectivity index (χ1v) is 6.23. The van der Waals surface area contributed by atoms with Crippen molar-refractivity contribution in [3.05, 3.63) is 57.6 Å². The van der Waals surface area contributed by atoms with E-state index in [0.717, 1.165) is 0 Å². The minimum absolute atomic E-state index is 0.275. The molecule has 6 heteroatoms. The zero-order valence-corrected chi connectivity index (χ0v) is 11.1. The van der Waals surface area contributed by atoms with Crippen LogP contribution < -0.4 is 5.56 Å². The Morgan fingerprint density at radius 2 is 2.00 bits per heavy atom. The lowest BCUT2D eigenvalue weighted by atomic mass is 10.2. The van der Waals surface area contributed by atoms with Crippen molar-refractivity contribution < 1.29 is 4.39 Å². The Balaban J connectivity index is 2.19. The van der Waals surface area contributed by atoms with E-state index in [1.165, 1.54) is 6.07 Å². The third-order valence-corrected chi connectivity index (χ3v) is 3.20. The van der Waals surface area contributed by atoms with Gasteiger partial charge in [-0.3, -0.25) is 4.79 Å². The van der Waals surface area contributed by atoms with Crippen LogP contribution in [0, 0.1) is 19.7 Å². The van der Waals surface area contributed by atoms with Gasteiger partial charge in [0, 0.05) is 5.56 Å². The molecule has 0 bridgehead atoms. The zero-order chi connectivity index (χ0) is 14.3. The van der Waals surface area contributed by atoms with E-state index in [0.29, 0.717) is 29.4 Å². The first kappa shape index (κ1) is 12.5. The van der Waals surface area contributed by atoms with Crippen molar-refractivity contribution in [2.75, 3.05) is 0 Å². The predicted octanol–water partition coefficient (Wildman–Crippen LogP) is 1.92. The van der Waals surface area contributed by atoms with E-state index in [9.17, 15) is 9.18 Å². The molecule has 0 aliphatic heterocycles. The monoisotopic (exact) mass is 272 g/mol. The van der Waals surface area contributed by atoms with E-state index < -0.39 is 0 Å². The van der Waals surface area contributed by atoms with Crippen LogP contribution in [0.2, 0.25) is 0 Å². The Morgan fingerprint density at radius 3 is 2.75 bits per heavy atom. The number of fused-ring (bicyclic) bond motifs is 1. The molecule has 0 aliphatic carbocycles. The lowest BCUT2D eigenvalue weighted by molar-refractivity contribution is 0.599. The van der Waals surface area contributed by atoms with Gasteiger partial charge < -0.3 is 9.55 Å². The van der Waals surface area contributed by atoms with Crippen LogP contribution in [-0.4, -0.2) is 19.5 Å². The minimum atomic E-state index is -0.282. The summed E-state index contributed by atoms with van der Waals surface area (Å²) in [7, 11) is 0. The minimum Gasteiger partial charge on any atom is -0.309 e. The second kappa shape index (κ2) is 4.56. The number of hydrogen-bond donors (Lipinski definition) is 1. The van der Waals surface area contributed by atoms with Gasteiger partial charge in [-0.05, 0) is 19.9 Å². The lowest BCUT2D eigenvalue weighted by Crippen LogP contribution is -2.11. The van der Waals surface area contributed by atoms with Gasteiger partial charge in [0.2, 0.25) is 0 Å². The number of imidazole rings is 1. The van der Waals surface area contributed by atoms with Gasteiger partial charge in [-0.1, -0.05) is 18.2 Å². The topological polar surface area (TPSA) is 63.6 Å². The van der Waals surface area contributed by atoms with E-state index >= 15 is 0 Å². The molecule has 2 heterocycles. The van der Waals surface area contributed by atoms with Crippen molar-refractivity contribution in [3.8, 4) is 0 Å². The van der Waals surface area contributed by atoms with E-state index in [4.69, 9.17) is 0 Å². The quantitative estimate of drug-likeness (QED) is 0.775. The molecule has 102 valence electrons. The number of H-pyrrole nitrogens is 1. The molecule has 0 radical (unpaired) electrons. The molecule has 5 nitrogen and oxygen atoms in total. The highest BCUT2D eigenvalue weighted by molar-refractivity contribution is 5.70. The molecular formula is C14H13FN4O. The highest BCUT2D eigenvalue weighted by Crippen LogP contribution is 2.15. The summed E-state index contributed by atoms with van der Waals surface area (Å²) in [6, 6.07) is 6.54.